The van der Waals surface area contributed by atoms with Gasteiger partial charge in [0.25, 0.3) is 0 Å². The summed E-state index contributed by atoms with van der Waals surface area (Å²) in [7, 11) is 1.86. The van der Waals surface area contributed by atoms with E-state index in [0.717, 1.165) is 17.3 Å². The Morgan fingerprint density at radius 2 is 2.06 bits per heavy atom. The minimum absolute atomic E-state index is 0.0306. The number of hydrogen-bond acceptors (Lipinski definition) is 4. The van der Waals surface area contributed by atoms with E-state index >= 15 is 0 Å². The van der Waals surface area contributed by atoms with E-state index in [0.29, 0.717) is 12.5 Å². The van der Waals surface area contributed by atoms with E-state index in [-0.39, 0.29) is 6.10 Å². The van der Waals surface area contributed by atoms with Crippen molar-refractivity contribution in [3.63, 3.8) is 0 Å². The van der Waals surface area contributed by atoms with Gasteiger partial charge >= 0.3 is 0 Å². The SMILES string of the molecule is CCOC(c1nc(C)cc(NC)n1)C(C)C. The summed E-state index contributed by atoms with van der Waals surface area (Å²) >= 11 is 0. The molecule has 0 aromatic carbocycles. The lowest BCUT2D eigenvalue weighted by atomic mass is 10.1. The Labute approximate surface area is 97.5 Å². The van der Waals surface area contributed by atoms with E-state index in [1.165, 1.54) is 0 Å². The average molecular weight is 223 g/mol. The predicted octanol–water partition coefficient (Wildman–Crippen LogP) is 2.56. The highest BCUT2D eigenvalue weighted by molar-refractivity contribution is 5.35. The normalized spacial score (nSPS) is 12.9. The smallest absolute Gasteiger partial charge is 0.159 e. The van der Waals surface area contributed by atoms with Gasteiger partial charge < -0.3 is 10.1 Å². The van der Waals surface area contributed by atoms with Crippen LogP contribution in [0.2, 0.25) is 0 Å². The average Bonchev–Trinajstić information content (AvgIpc) is 2.24. The van der Waals surface area contributed by atoms with Gasteiger partial charge in [0.1, 0.15) is 11.9 Å². The minimum Gasteiger partial charge on any atom is -0.373 e. The molecule has 1 atom stereocenters. The third kappa shape index (κ3) is 3.17. The number of anilines is 1. The summed E-state index contributed by atoms with van der Waals surface area (Å²) in [5.41, 5.74) is 0.958. The maximum atomic E-state index is 5.69. The van der Waals surface area contributed by atoms with Gasteiger partial charge in [0.2, 0.25) is 0 Å². The number of ether oxygens (including phenoxy) is 1. The Bertz CT molecular complexity index is 339. The van der Waals surface area contributed by atoms with Crippen LogP contribution in [0.3, 0.4) is 0 Å². The Balaban J connectivity index is 3.03. The van der Waals surface area contributed by atoms with Crippen LogP contribution >= 0.6 is 0 Å². The third-order valence-corrected chi connectivity index (χ3v) is 2.33. The maximum absolute atomic E-state index is 5.69. The van der Waals surface area contributed by atoms with E-state index in [4.69, 9.17) is 4.74 Å². The molecule has 1 rings (SSSR count). The molecule has 1 unspecified atom stereocenters. The van der Waals surface area contributed by atoms with Gasteiger partial charge in [-0.3, -0.25) is 0 Å². The van der Waals surface area contributed by atoms with Gasteiger partial charge in [-0.25, -0.2) is 9.97 Å². The van der Waals surface area contributed by atoms with Gasteiger partial charge in [0.15, 0.2) is 5.82 Å². The van der Waals surface area contributed by atoms with Crippen molar-refractivity contribution in [1.29, 1.82) is 0 Å². The Hall–Kier alpha value is -1.16. The molecule has 90 valence electrons. The number of aromatic nitrogens is 2. The van der Waals surface area contributed by atoms with E-state index in [2.05, 4.69) is 29.1 Å². The standard InChI is InChI=1S/C12H21N3O/c1-6-16-11(8(2)3)12-14-9(4)7-10(13-5)15-12/h7-8,11H,6H2,1-5H3,(H,13,14,15). The monoisotopic (exact) mass is 223 g/mol. The zero-order valence-electron chi connectivity index (χ0n) is 10.7. The Kier molecular flexibility index (Phi) is 4.68. The van der Waals surface area contributed by atoms with Crippen LogP contribution in [0.1, 0.15) is 38.4 Å². The molecule has 0 bridgehead atoms. The molecule has 1 aromatic heterocycles. The molecule has 0 spiro atoms. The molecule has 1 N–H and O–H groups in total. The topological polar surface area (TPSA) is 47.0 Å². The van der Waals surface area contributed by atoms with Gasteiger partial charge in [0, 0.05) is 25.4 Å². The van der Waals surface area contributed by atoms with Crippen LogP contribution in [-0.2, 0) is 4.74 Å². The molecule has 4 nitrogen and oxygen atoms in total. The lowest BCUT2D eigenvalue weighted by molar-refractivity contribution is 0.0232. The van der Waals surface area contributed by atoms with Crippen LogP contribution in [0.4, 0.5) is 5.82 Å². The van der Waals surface area contributed by atoms with E-state index in [1.807, 2.05) is 27.0 Å². The van der Waals surface area contributed by atoms with E-state index in [9.17, 15) is 0 Å². The van der Waals surface area contributed by atoms with Crippen molar-refractivity contribution in [2.24, 2.45) is 5.92 Å². The highest BCUT2D eigenvalue weighted by Crippen LogP contribution is 2.23. The molecule has 0 saturated carbocycles. The fourth-order valence-electron chi connectivity index (χ4n) is 1.59. The highest BCUT2D eigenvalue weighted by atomic mass is 16.5. The van der Waals surface area contributed by atoms with E-state index < -0.39 is 0 Å². The van der Waals surface area contributed by atoms with Gasteiger partial charge in [-0.05, 0) is 19.8 Å². The summed E-state index contributed by atoms with van der Waals surface area (Å²) in [6.07, 6.45) is -0.0306. The number of aryl methyl sites for hydroxylation is 1. The molecule has 4 heteroatoms. The molecule has 1 heterocycles. The Morgan fingerprint density at radius 1 is 1.38 bits per heavy atom. The molecule has 0 aliphatic heterocycles. The third-order valence-electron chi connectivity index (χ3n) is 2.33. The van der Waals surface area contributed by atoms with Gasteiger partial charge in [-0.2, -0.15) is 0 Å². The molecule has 0 saturated heterocycles. The van der Waals surface area contributed by atoms with Crippen molar-refractivity contribution in [3.05, 3.63) is 17.6 Å². The second-order valence-electron chi connectivity index (χ2n) is 4.12. The van der Waals surface area contributed by atoms with Crippen molar-refractivity contribution in [3.8, 4) is 0 Å². The zero-order valence-corrected chi connectivity index (χ0v) is 10.7. The molecular formula is C12H21N3O. The van der Waals surface area contributed by atoms with Crippen LogP contribution in [-0.4, -0.2) is 23.6 Å². The lowest BCUT2D eigenvalue weighted by Crippen LogP contribution is -2.15. The number of nitrogens with zero attached hydrogens (tertiary/aromatic N) is 2. The number of nitrogens with one attached hydrogen (secondary N) is 1. The quantitative estimate of drug-likeness (QED) is 0.833. The molecule has 0 radical (unpaired) electrons. The summed E-state index contributed by atoms with van der Waals surface area (Å²) in [6, 6.07) is 1.92. The lowest BCUT2D eigenvalue weighted by Gasteiger charge is -2.20. The second kappa shape index (κ2) is 5.80. The fourth-order valence-corrected chi connectivity index (χ4v) is 1.59. The maximum Gasteiger partial charge on any atom is 0.159 e. The molecule has 0 amide bonds. The Morgan fingerprint density at radius 3 is 2.56 bits per heavy atom. The summed E-state index contributed by atoms with van der Waals surface area (Å²) in [5.74, 6) is 1.97. The van der Waals surface area contributed by atoms with Crippen LogP contribution in [0, 0.1) is 12.8 Å². The van der Waals surface area contributed by atoms with Crippen LogP contribution < -0.4 is 5.32 Å². The van der Waals surface area contributed by atoms with Crippen molar-refractivity contribution >= 4 is 5.82 Å². The fraction of sp³-hybridized carbons (Fsp3) is 0.667. The highest BCUT2D eigenvalue weighted by Gasteiger charge is 2.19. The molecular weight excluding hydrogens is 202 g/mol. The first-order chi connectivity index (χ1) is 7.58. The van der Waals surface area contributed by atoms with Crippen molar-refractivity contribution in [2.75, 3.05) is 19.0 Å². The van der Waals surface area contributed by atoms with Crippen molar-refractivity contribution in [2.45, 2.75) is 33.8 Å². The zero-order chi connectivity index (χ0) is 12.1. The summed E-state index contributed by atoms with van der Waals surface area (Å²) < 4.78 is 5.69. The first kappa shape index (κ1) is 12.9. The van der Waals surface area contributed by atoms with Crippen molar-refractivity contribution in [1.82, 2.24) is 9.97 Å². The molecule has 0 fully saturated rings. The molecule has 1 aromatic rings. The molecule has 0 aliphatic carbocycles. The predicted molar refractivity (Wildman–Crippen MR) is 65.5 cm³/mol. The van der Waals surface area contributed by atoms with E-state index in [1.54, 1.807) is 0 Å². The largest absolute Gasteiger partial charge is 0.373 e. The summed E-state index contributed by atoms with van der Waals surface area (Å²) in [6.45, 7) is 8.87. The molecule has 16 heavy (non-hydrogen) atoms. The first-order valence-corrected chi connectivity index (χ1v) is 5.73. The number of hydrogen-bond donors (Lipinski definition) is 1. The first-order valence-electron chi connectivity index (χ1n) is 5.73. The van der Waals surface area contributed by atoms with Crippen LogP contribution in [0.5, 0.6) is 0 Å². The number of rotatable bonds is 5. The summed E-state index contributed by atoms with van der Waals surface area (Å²) in [4.78, 5) is 8.89. The van der Waals surface area contributed by atoms with Gasteiger partial charge in [-0.1, -0.05) is 13.8 Å². The van der Waals surface area contributed by atoms with Crippen LogP contribution in [0.25, 0.3) is 0 Å². The van der Waals surface area contributed by atoms with Crippen LogP contribution in [0.15, 0.2) is 6.07 Å². The summed E-state index contributed by atoms with van der Waals surface area (Å²) in [5, 5.41) is 3.04. The van der Waals surface area contributed by atoms with Crippen molar-refractivity contribution < 1.29 is 4.74 Å². The molecule has 0 aliphatic rings. The minimum atomic E-state index is -0.0306. The van der Waals surface area contributed by atoms with Gasteiger partial charge in [-0.15, -0.1) is 0 Å². The van der Waals surface area contributed by atoms with Gasteiger partial charge in [0.05, 0.1) is 0 Å². The second-order valence-corrected chi connectivity index (χ2v) is 4.12.